The molecule has 0 aliphatic heterocycles. The fourth-order valence-electron chi connectivity index (χ4n) is 2.12. The standard InChI is InChI=1S/C16H26BrFN2/c1-6-9-19-15(16(2,3)20(4)5)11-12-10-13(18)7-8-14(12)17/h7-8,10,15,19H,6,9,11H2,1-5H3. The van der Waals surface area contributed by atoms with Crippen molar-refractivity contribution in [1.82, 2.24) is 10.2 Å². The molecule has 0 amide bonds. The maximum Gasteiger partial charge on any atom is 0.123 e. The summed E-state index contributed by atoms with van der Waals surface area (Å²) >= 11 is 3.52. The van der Waals surface area contributed by atoms with Crippen LogP contribution in [0.4, 0.5) is 4.39 Å². The quantitative estimate of drug-likeness (QED) is 0.808. The number of benzene rings is 1. The van der Waals surface area contributed by atoms with E-state index < -0.39 is 0 Å². The fraction of sp³-hybridized carbons (Fsp3) is 0.625. The van der Waals surface area contributed by atoms with E-state index in [1.54, 1.807) is 12.1 Å². The normalized spacial score (nSPS) is 13.8. The predicted molar refractivity (Wildman–Crippen MR) is 87.7 cm³/mol. The molecular formula is C16H26BrFN2. The largest absolute Gasteiger partial charge is 0.312 e. The monoisotopic (exact) mass is 344 g/mol. The topological polar surface area (TPSA) is 15.3 Å². The van der Waals surface area contributed by atoms with Crippen LogP contribution in [0, 0.1) is 5.82 Å². The minimum atomic E-state index is -0.180. The van der Waals surface area contributed by atoms with Gasteiger partial charge in [0.1, 0.15) is 5.82 Å². The van der Waals surface area contributed by atoms with Gasteiger partial charge in [-0.1, -0.05) is 22.9 Å². The van der Waals surface area contributed by atoms with Gasteiger partial charge in [0.15, 0.2) is 0 Å². The molecule has 1 atom stereocenters. The molecule has 20 heavy (non-hydrogen) atoms. The van der Waals surface area contributed by atoms with E-state index in [1.165, 1.54) is 6.07 Å². The van der Waals surface area contributed by atoms with Crippen LogP contribution >= 0.6 is 15.9 Å². The molecular weight excluding hydrogens is 319 g/mol. The summed E-state index contributed by atoms with van der Waals surface area (Å²) in [5, 5.41) is 3.60. The lowest BCUT2D eigenvalue weighted by Gasteiger charge is -2.41. The van der Waals surface area contributed by atoms with Crippen LogP contribution in [0.2, 0.25) is 0 Å². The molecule has 4 heteroatoms. The summed E-state index contributed by atoms with van der Waals surface area (Å²) in [6.45, 7) is 7.56. The Labute approximate surface area is 130 Å². The van der Waals surface area contributed by atoms with Crippen LogP contribution in [-0.2, 0) is 6.42 Å². The molecule has 0 heterocycles. The van der Waals surface area contributed by atoms with Crippen molar-refractivity contribution < 1.29 is 4.39 Å². The van der Waals surface area contributed by atoms with Gasteiger partial charge in [-0.3, -0.25) is 0 Å². The first-order valence-electron chi connectivity index (χ1n) is 7.13. The second-order valence-corrected chi connectivity index (χ2v) is 6.85. The molecule has 0 saturated carbocycles. The number of likely N-dealkylation sites (N-methyl/N-ethyl adjacent to an activating group) is 1. The Balaban J connectivity index is 2.97. The van der Waals surface area contributed by atoms with Gasteiger partial charge in [-0.05, 0) is 71.1 Å². The zero-order valence-corrected chi connectivity index (χ0v) is 14.7. The van der Waals surface area contributed by atoms with Crippen molar-refractivity contribution in [2.45, 2.75) is 45.2 Å². The third kappa shape index (κ3) is 4.54. The summed E-state index contributed by atoms with van der Waals surface area (Å²) in [5.74, 6) is -0.180. The van der Waals surface area contributed by atoms with Gasteiger partial charge < -0.3 is 10.2 Å². The van der Waals surface area contributed by atoms with Crippen LogP contribution in [0.5, 0.6) is 0 Å². The molecule has 0 saturated heterocycles. The molecule has 1 aromatic carbocycles. The highest BCUT2D eigenvalue weighted by atomic mass is 79.9. The fourth-order valence-corrected chi connectivity index (χ4v) is 2.53. The van der Waals surface area contributed by atoms with Crippen LogP contribution in [-0.4, -0.2) is 37.1 Å². The zero-order chi connectivity index (χ0) is 15.3. The van der Waals surface area contributed by atoms with Gasteiger partial charge in [-0.2, -0.15) is 0 Å². The van der Waals surface area contributed by atoms with E-state index in [0.29, 0.717) is 0 Å². The van der Waals surface area contributed by atoms with Gasteiger partial charge in [0.25, 0.3) is 0 Å². The molecule has 0 aliphatic carbocycles. The number of rotatable bonds is 7. The first-order valence-corrected chi connectivity index (χ1v) is 7.93. The van der Waals surface area contributed by atoms with Gasteiger partial charge >= 0.3 is 0 Å². The Morgan fingerprint density at radius 2 is 2.00 bits per heavy atom. The van der Waals surface area contributed by atoms with Crippen molar-refractivity contribution in [1.29, 1.82) is 0 Å². The second kappa shape index (κ2) is 7.53. The number of nitrogens with zero attached hydrogens (tertiary/aromatic N) is 1. The van der Waals surface area contributed by atoms with Crippen LogP contribution < -0.4 is 5.32 Å². The summed E-state index contributed by atoms with van der Waals surface area (Å²) in [6, 6.07) is 5.15. The van der Waals surface area contributed by atoms with Crippen molar-refractivity contribution in [3.63, 3.8) is 0 Å². The summed E-state index contributed by atoms with van der Waals surface area (Å²) in [5.41, 5.74) is 0.995. The van der Waals surface area contributed by atoms with Gasteiger partial charge in [0, 0.05) is 16.1 Å². The van der Waals surface area contributed by atoms with Gasteiger partial charge in [0.2, 0.25) is 0 Å². The Hall–Kier alpha value is -0.450. The molecule has 0 aromatic heterocycles. The summed E-state index contributed by atoms with van der Waals surface area (Å²) in [7, 11) is 4.17. The molecule has 0 aliphatic rings. The smallest absolute Gasteiger partial charge is 0.123 e. The van der Waals surface area contributed by atoms with Crippen molar-refractivity contribution >= 4 is 15.9 Å². The van der Waals surface area contributed by atoms with Gasteiger partial charge in [0.05, 0.1) is 0 Å². The van der Waals surface area contributed by atoms with Crippen molar-refractivity contribution in [3.05, 3.63) is 34.1 Å². The Morgan fingerprint density at radius 1 is 1.35 bits per heavy atom. The zero-order valence-electron chi connectivity index (χ0n) is 13.1. The van der Waals surface area contributed by atoms with Crippen LogP contribution in [0.3, 0.4) is 0 Å². The lowest BCUT2D eigenvalue weighted by atomic mass is 9.88. The lowest BCUT2D eigenvalue weighted by Crippen LogP contribution is -2.56. The Morgan fingerprint density at radius 3 is 2.55 bits per heavy atom. The molecule has 2 nitrogen and oxygen atoms in total. The van der Waals surface area contributed by atoms with E-state index in [4.69, 9.17) is 0 Å². The maximum absolute atomic E-state index is 13.5. The van der Waals surface area contributed by atoms with E-state index in [9.17, 15) is 4.39 Å². The number of nitrogens with one attached hydrogen (secondary N) is 1. The average Bonchev–Trinajstić information content (AvgIpc) is 2.38. The SMILES string of the molecule is CCCNC(Cc1cc(F)ccc1Br)C(C)(C)N(C)C. The molecule has 0 fully saturated rings. The average molecular weight is 345 g/mol. The van der Waals surface area contributed by atoms with E-state index >= 15 is 0 Å². The number of hydrogen-bond donors (Lipinski definition) is 1. The highest BCUT2D eigenvalue weighted by Gasteiger charge is 2.31. The third-order valence-electron chi connectivity index (χ3n) is 4.08. The number of halogens is 2. The van der Waals surface area contributed by atoms with E-state index in [2.05, 4.69) is 61.0 Å². The van der Waals surface area contributed by atoms with Crippen molar-refractivity contribution in [2.24, 2.45) is 0 Å². The minimum Gasteiger partial charge on any atom is -0.312 e. The highest BCUT2D eigenvalue weighted by Crippen LogP contribution is 2.24. The molecule has 114 valence electrons. The molecule has 0 radical (unpaired) electrons. The van der Waals surface area contributed by atoms with Crippen molar-refractivity contribution in [2.75, 3.05) is 20.6 Å². The number of hydrogen-bond acceptors (Lipinski definition) is 2. The predicted octanol–water partition coefficient (Wildman–Crippen LogP) is 3.84. The van der Waals surface area contributed by atoms with Crippen LogP contribution in [0.1, 0.15) is 32.8 Å². The van der Waals surface area contributed by atoms with E-state index in [-0.39, 0.29) is 17.4 Å². The Bertz CT molecular complexity index is 432. The lowest BCUT2D eigenvalue weighted by molar-refractivity contribution is 0.137. The Kier molecular flexibility index (Phi) is 6.62. The minimum absolute atomic E-state index is 0.0130. The van der Waals surface area contributed by atoms with Crippen LogP contribution in [0.15, 0.2) is 22.7 Å². The third-order valence-corrected chi connectivity index (χ3v) is 4.85. The molecule has 0 bridgehead atoms. The first-order chi connectivity index (χ1) is 9.28. The van der Waals surface area contributed by atoms with Gasteiger partial charge in [-0.25, -0.2) is 4.39 Å². The summed E-state index contributed by atoms with van der Waals surface area (Å²) in [4.78, 5) is 2.22. The summed E-state index contributed by atoms with van der Waals surface area (Å²) in [6.07, 6.45) is 1.88. The first kappa shape index (κ1) is 17.6. The van der Waals surface area contributed by atoms with E-state index in [0.717, 1.165) is 29.4 Å². The second-order valence-electron chi connectivity index (χ2n) is 5.99. The molecule has 0 spiro atoms. The molecule has 1 unspecified atom stereocenters. The van der Waals surface area contributed by atoms with Gasteiger partial charge in [-0.15, -0.1) is 0 Å². The molecule has 1 aromatic rings. The maximum atomic E-state index is 13.5. The highest BCUT2D eigenvalue weighted by molar-refractivity contribution is 9.10. The molecule has 1 rings (SSSR count). The van der Waals surface area contributed by atoms with Crippen molar-refractivity contribution in [3.8, 4) is 0 Å². The summed E-state index contributed by atoms with van der Waals surface area (Å²) < 4.78 is 14.4. The van der Waals surface area contributed by atoms with E-state index in [1.807, 2.05) is 0 Å². The van der Waals surface area contributed by atoms with Crippen LogP contribution in [0.25, 0.3) is 0 Å². The molecule has 1 N–H and O–H groups in total.